The number of amides is 1. The van der Waals surface area contributed by atoms with E-state index in [0.717, 1.165) is 48.2 Å². The monoisotopic (exact) mass is 422 g/mol. The fourth-order valence-corrected chi connectivity index (χ4v) is 4.06. The van der Waals surface area contributed by atoms with Crippen molar-refractivity contribution >= 4 is 33.6 Å². The number of carbonyl (C=O) groups excluding carboxylic acids is 1. The molecule has 1 aromatic rings. The Balaban J connectivity index is 1.74. The van der Waals surface area contributed by atoms with Crippen LogP contribution in [0.5, 0.6) is 0 Å². The maximum atomic E-state index is 12.7. The van der Waals surface area contributed by atoms with Gasteiger partial charge in [0.2, 0.25) is 0 Å². The molecular weight excluding hydrogens is 396 g/mol. The summed E-state index contributed by atoms with van der Waals surface area (Å²) in [5.74, 6) is 0.798. The summed E-state index contributed by atoms with van der Waals surface area (Å²) < 4.78 is 6.42. The van der Waals surface area contributed by atoms with Crippen LogP contribution in [0.1, 0.15) is 52.9 Å². The average molecular weight is 423 g/mol. The second kappa shape index (κ2) is 7.55. The van der Waals surface area contributed by atoms with E-state index in [1.165, 1.54) is 0 Å². The van der Waals surface area contributed by atoms with E-state index in [9.17, 15) is 4.79 Å². The number of rotatable bonds is 2. The molecule has 6 nitrogen and oxygen atoms in total. The maximum Gasteiger partial charge on any atom is 0.410 e. The molecule has 1 aromatic heterocycles. The predicted octanol–water partition coefficient (Wildman–Crippen LogP) is 4.59. The molecule has 0 radical (unpaired) electrons. The minimum Gasteiger partial charge on any atom is -0.444 e. The fraction of sp³-hybridized carbons (Fsp3) is 0.632. The Morgan fingerprint density at radius 2 is 1.96 bits per heavy atom. The Morgan fingerprint density at radius 1 is 1.31 bits per heavy atom. The molecule has 2 bridgehead atoms. The molecule has 1 amide bonds. The second-order valence-corrected chi connectivity index (χ2v) is 8.86. The van der Waals surface area contributed by atoms with E-state index >= 15 is 0 Å². The van der Waals surface area contributed by atoms with Crippen molar-refractivity contribution in [1.29, 1.82) is 0 Å². The molecule has 0 saturated carbocycles. The second-order valence-electron chi connectivity index (χ2n) is 8.04. The van der Waals surface area contributed by atoms with Gasteiger partial charge in [-0.2, -0.15) is 5.10 Å². The van der Waals surface area contributed by atoms with E-state index in [1.54, 1.807) is 0 Å². The van der Waals surface area contributed by atoms with E-state index in [2.05, 4.69) is 20.9 Å². The zero-order chi connectivity index (χ0) is 18.9. The SMILES string of the molecule is CN(N=C1CC2CCCC(C1)N2C(=O)OC(C)(C)C)c1cccc(Br)n1. The summed E-state index contributed by atoms with van der Waals surface area (Å²) in [5, 5.41) is 6.60. The number of pyridine rings is 1. The van der Waals surface area contributed by atoms with Crippen molar-refractivity contribution in [3.8, 4) is 0 Å². The van der Waals surface area contributed by atoms with Gasteiger partial charge >= 0.3 is 6.09 Å². The lowest BCUT2D eigenvalue weighted by molar-refractivity contribution is -0.00697. The summed E-state index contributed by atoms with van der Waals surface area (Å²) in [6, 6.07) is 6.14. The number of fused-ring (bicyclic) bond motifs is 2. The largest absolute Gasteiger partial charge is 0.444 e. The normalized spacial score (nSPS) is 22.8. The zero-order valence-electron chi connectivity index (χ0n) is 15.9. The maximum absolute atomic E-state index is 12.7. The fourth-order valence-electron chi connectivity index (χ4n) is 3.73. The molecular formula is C19H27BrN4O2. The van der Waals surface area contributed by atoms with Gasteiger partial charge in [-0.25, -0.2) is 9.78 Å². The van der Waals surface area contributed by atoms with E-state index in [1.807, 2.05) is 55.9 Å². The van der Waals surface area contributed by atoms with Gasteiger partial charge in [-0.1, -0.05) is 6.07 Å². The van der Waals surface area contributed by atoms with E-state index < -0.39 is 5.60 Å². The Bertz CT molecular complexity index is 685. The summed E-state index contributed by atoms with van der Waals surface area (Å²) in [5.41, 5.74) is 0.663. The van der Waals surface area contributed by atoms with Gasteiger partial charge in [-0.15, -0.1) is 0 Å². The quantitative estimate of drug-likeness (QED) is 0.516. The van der Waals surface area contributed by atoms with Gasteiger partial charge in [-0.3, -0.25) is 5.01 Å². The number of hydrogen-bond donors (Lipinski definition) is 0. The van der Waals surface area contributed by atoms with Crippen molar-refractivity contribution < 1.29 is 9.53 Å². The number of aromatic nitrogens is 1. The molecule has 3 rings (SSSR count). The first kappa shape index (κ1) is 19.1. The number of halogens is 1. The van der Waals surface area contributed by atoms with Crippen molar-refractivity contribution in [2.75, 3.05) is 12.1 Å². The molecule has 2 atom stereocenters. The summed E-state index contributed by atoms with van der Waals surface area (Å²) in [4.78, 5) is 19.1. The molecule has 2 aliphatic heterocycles. The molecule has 2 saturated heterocycles. The predicted molar refractivity (Wildman–Crippen MR) is 107 cm³/mol. The number of anilines is 1. The molecule has 2 unspecified atom stereocenters. The lowest BCUT2D eigenvalue weighted by Gasteiger charge is -2.46. The van der Waals surface area contributed by atoms with Crippen LogP contribution in [0.4, 0.5) is 10.6 Å². The molecule has 142 valence electrons. The van der Waals surface area contributed by atoms with Crippen LogP contribution in [0.15, 0.2) is 27.9 Å². The highest BCUT2D eigenvalue weighted by molar-refractivity contribution is 9.10. The Hall–Kier alpha value is -1.63. The average Bonchev–Trinajstić information content (AvgIpc) is 2.52. The minimum absolute atomic E-state index is 0.181. The van der Waals surface area contributed by atoms with Crippen molar-refractivity contribution in [1.82, 2.24) is 9.88 Å². The third kappa shape index (κ3) is 4.55. The zero-order valence-corrected chi connectivity index (χ0v) is 17.5. The summed E-state index contributed by atoms with van der Waals surface area (Å²) in [6.45, 7) is 5.74. The highest BCUT2D eigenvalue weighted by Gasteiger charge is 2.41. The van der Waals surface area contributed by atoms with Crippen LogP contribution in [0, 0.1) is 0 Å². The number of piperidine rings is 2. The number of nitrogens with zero attached hydrogens (tertiary/aromatic N) is 4. The van der Waals surface area contributed by atoms with Crippen LogP contribution in [0.25, 0.3) is 0 Å². The highest BCUT2D eigenvalue weighted by Crippen LogP contribution is 2.34. The van der Waals surface area contributed by atoms with Crippen LogP contribution in [0.3, 0.4) is 0 Å². The van der Waals surface area contributed by atoms with Gasteiger partial charge in [-0.05, 0) is 68.1 Å². The smallest absolute Gasteiger partial charge is 0.410 e. The van der Waals surface area contributed by atoms with Gasteiger partial charge in [0.25, 0.3) is 0 Å². The Labute approximate surface area is 163 Å². The lowest BCUT2D eigenvalue weighted by atomic mass is 9.84. The molecule has 2 fully saturated rings. The minimum atomic E-state index is -0.466. The first-order valence-corrected chi connectivity index (χ1v) is 9.96. The lowest BCUT2D eigenvalue weighted by Crippen LogP contribution is -2.56. The van der Waals surface area contributed by atoms with Crippen molar-refractivity contribution in [3.05, 3.63) is 22.8 Å². The number of carbonyl (C=O) groups is 1. The highest BCUT2D eigenvalue weighted by atomic mass is 79.9. The third-order valence-corrected chi connectivity index (χ3v) is 5.17. The van der Waals surface area contributed by atoms with Crippen molar-refractivity contribution in [2.24, 2.45) is 5.10 Å². The Morgan fingerprint density at radius 3 is 2.54 bits per heavy atom. The molecule has 2 aliphatic rings. The first-order chi connectivity index (χ1) is 12.2. The molecule has 0 aliphatic carbocycles. The van der Waals surface area contributed by atoms with Crippen LogP contribution in [0.2, 0.25) is 0 Å². The van der Waals surface area contributed by atoms with Crippen LogP contribution in [-0.2, 0) is 4.74 Å². The summed E-state index contributed by atoms with van der Waals surface area (Å²) in [6.07, 6.45) is 4.59. The summed E-state index contributed by atoms with van der Waals surface area (Å²) >= 11 is 3.40. The number of hydrazone groups is 1. The van der Waals surface area contributed by atoms with Crippen LogP contribution < -0.4 is 5.01 Å². The van der Waals surface area contributed by atoms with E-state index in [4.69, 9.17) is 9.84 Å². The Kier molecular flexibility index (Phi) is 5.55. The van der Waals surface area contributed by atoms with E-state index in [0.29, 0.717) is 0 Å². The number of ether oxygens (including phenoxy) is 1. The first-order valence-electron chi connectivity index (χ1n) is 9.17. The third-order valence-electron chi connectivity index (χ3n) is 4.73. The molecule has 26 heavy (non-hydrogen) atoms. The van der Waals surface area contributed by atoms with Crippen LogP contribution in [-0.4, -0.2) is 46.4 Å². The molecule has 7 heteroatoms. The van der Waals surface area contributed by atoms with Crippen LogP contribution >= 0.6 is 15.9 Å². The van der Waals surface area contributed by atoms with Gasteiger partial charge < -0.3 is 9.64 Å². The van der Waals surface area contributed by atoms with Gasteiger partial charge in [0.15, 0.2) is 0 Å². The van der Waals surface area contributed by atoms with E-state index in [-0.39, 0.29) is 18.2 Å². The standard InChI is InChI=1S/C19H27BrN4O2/c1-19(2,3)26-18(25)24-14-7-5-8-15(24)12-13(11-14)22-23(4)17-10-6-9-16(20)21-17/h6,9-10,14-15H,5,7-8,11-12H2,1-4H3. The topological polar surface area (TPSA) is 58.0 Å². The summed E-state index contributed by atoms with van der Waals surface area (Å²) in [7, 11) is 1.91. The molecule has 0 spiro atoms. The molecule has 0 N–H and O–H groups in total. The van der Waals surface area contributed by atoms with Crippen molar-refractivity contribution in [3.63, 3.8) is 0 Å². The van der Waals surface area contributed by atoms with Gasteiger partial charge in [0.05, 0.1) is 0 Å². The van der Waals surface area contributed by atoms with Crippen molar-refractivity contribution in [2.45, 2.75) is 70.6 Å². The van der Waals surface area contributed by atoms with Gasteiger partial charge in [0, 0.05) is 37.7 Å². The van der Waals surface area contributed by atoms with Gasteiger partial charge in [0.1, 0.15) is 16.0 Å². The molecule has 0 aromatic carbocycles. The number of hydrogen-bond acceptors (Lipinski definition) is 5. The molecule has 3 heterocycles.